The molecule has 0 saturated carbocycles. The van der Waals surface area contributed by atoms with E-state index in [1.165, 1.54) is 32.4 Å². The first kappa shape index (κ1) is 7.42. The first-order valence-corrected chi connectivity index (χ1v) is 5.92. The fourth-order valence-electron chi connectivity index (χ4n) is 1.28. The van der Waals surface area contributed by atoms with Gasteiger partial charge in [0.2, 0.25) is 0 Å². The molecule has 1 rings (SSSR count). The van der Waals surface area contributed by atoms with Crippen LogP contribution in [0.1, 0.15) is 19.3 Å². The largest absolute Gasteiger partial charge is 0.271 e. The highest BCUT2D eigenvalue weighted by atomic mass is 32.2. The number of nitrogens with zero attached hydrogens (tertiary/aromatic N) is 1. The minimum Gasteiger partial charge on any atom is -0.271 e. The van der Waals surface area contributed by atoms with E-state index in [1.807, 2.05) is 0 Å². The van der Waals surface area contributed by atoms with Gasteiger partial charge in [-0.2, -0.15) is 0 Å². The highest BCUT2D eigenvalue weighted by Crippen LogP contribution is 2.25. The van der Waals surface area contributed by atoms with Crippen LogP contribution in [0.4, 0.5) is 0 Å². The van der Waals surface area contributed by atoms with Gasteiger partial charge in [-0.15, -0.1) is 0 Å². The lowest BCUT2D eigenvalue weighted by Gasteiger charge is -2.32. The van der Waals surface area contributed by atoms with Crippen LogP contribution in [0, 0.1) is 0 Å². The molecule has 0 radical (unpaired) electrons. The Labute approximate surface area is 60.9 Å². The maximum atomic E-state index is 2.62. The molecule has 0 aromatic carbocycles. The second kappa shape index (κ2) is 3.47. The van der Waals surface area contributed by atoms with Crippen LogP contribution in [0.3, 0.4) is 0 Å². The fourth-order valence-corrected chi connectivity index (χ4v) is 2.36. The van der Waals surface area contributed by atoms with E-state index < -0.39 is 0 Å². The molecule has 0 atom stereocenters. The Morgan fingerprint density at radius 3 is 1.89 bits per heavy atom. The summed E-state index contributed by atoms with van der Waals surface area (Å²) in [7, 11) is 0. The quantitative estimate of drug-likeness (QED) is 0.552. The van der Waals surface area contributed by atoms with Gasteiger partial charge in [-0.3, -0.25) is 4.31 Å². The van der Waals surface area contributed by atoms with Crippen molar-refractivity contribution in [2.24, 2.45) is 0 Å². The van der Waals surface area contributed by atoms with Crippen LogP contribution in [0.2, 0.25) is 0 Å². The standard InChI is InChI=1S/C7H17NS/c1-9(2)8-6-4-3-5-7-8/h9H,3-7H2,1-2H3. The Kier molecular flexibility index (Phi) is 2.86. The van der Waals surface area contributed by atoms with Gasteiger partial charge in [0.1, 0.15) is 0 Å². The van der Waals surface area contributed by atoms with E-state index >= 15 is 0 Å². The molecule has 2 heteroatoms. The summed E-state index contributed by atoms with van der Waals surface area (Å²) in [5.41, 5.74) is 0. The molecule has 1 aliphatic rings. The lowest BCUT2D eigenvalue weighted by Crippen LogP contribution is -2.25. The van der Waals surface area contributed by atoms with Gasteiger partial charge in [0.05, 0.1) is 0 Å². The van der Waals surface area contributed by atoms with E-state index in [1.54, 1.807) is 0 Å². The number of piperidine rings is 1. The Balaban J connectivity index is 2.23. The molecule has 1 fully saturated rings. The fraction of sp³-hybridized carbons (Fsp3) is 1.00. The first-order chi connectivity index (χ1) is 4.30. The lowest BCUT2D eigenvalue weighted by molar-refractivity contribution is 0.378. The summed E-state index contributed by atoms with van der Waals surface area (Å²) in [4.78, 5) is 0. The molecule has 1 aliphatic heterocycles. The SMILES string of the molecule is C[SH](C)N1CCCCC1. The maximum Gasteiger partial charge on any atom is 0.00715 e. The van der Waals surface area contributed by atoms with E-state index in [0.717, 1.165) is 0 Å². The number of rotatable bonds is 1. The molecule has 9 heavy (non-hydrogen) atoms. The van der Waals surface area contributed by atoms with Crippen molar-refractivity contribution in [1.82, 2.24) is 4.31 Å². The average Bonchev–Trinajstić information content (AvgIpc) is 1.90. The summed E-state index contributed by atoms with van der Waals surface area (Å²) in [5.74, 6) is 0. The van der Waals surface area contributed by atoms with E-state index in [4.69, 9.17) is 0 Å². The molecule has 0 spiro atoms. The van der Waals surface area contributed by atoms with E-state index in [0.29, 0.717) is 0 Å². The summed E-state index contributed by atoms with van der Waals surface area (Å²) in [5, 5.41) is 0. The predicted molar refractivity (Wildman–Crippen MR) is 46.3 cm³/mol. The highest BCUT2D eigenvalue weighted by Gasteiger charge is 2.09. The molecule has 1 nitrogen and oxygen atoms in total. The monoisotopic (exact) mass is 147 g/mol. The molecule has 0 unspecified atom stereocenters. The summed E-state index contributed by atoms with van der Waals surface area (Å²) < 4.78 is 2.62. The molecular weight excluding hydrogens is 130 g/mol. The minimum atomic E-state index is 0.215. The minimum absolute atomic E-state index is 0.215. The van der Waals surface area contributed by atoms with Gasteiger partial charge in [0.15, 0.2) is 0 Å². The van der Waals surface area contributed by atoms with Crippen LogP contribution in [0.25, 0.3) is 0 Å². The summed E-state index contributed by atoms with van der Waals surface area (Å²) in [6.45, 7) is 2.72. The van der Waals surface area contributed by atoms with Gasteiger partial charge in [-0.25, -0.2) is 11.1 Å². The third kappa shape index (κ3) is 2.18. The molecule has 0 N–H and O–H groups in total. The Morgan fingerprint density at radius 1 is 1.00 bits per heavy atom. The molecule has 0 aromatic heterocycles. The van der Waals surface area contributed by atoms with Crippen molar-refractivity contribution in [2.45, 2.75) is 19.3 Å². The van der Waals surface area contributed by atoms with Crippen LogP contribution in [0.5, 0.6) is 0 Å². The van der Waals surface area contributed by atoms with Crippen molar-refractivity contribution in [3.63, 3.8) is 0 Å². The van der Waals surface area contributed by atoms with Crippen molar-refractivity contribution >= 4 is 11.1 Å². The third-order valence-electron chi connectivity index (χ3n) is 1.90. The Hall–Kier alpha value is 0.310. The molecule has 1 saturated heterocycles. The second-order valence-electron chi connectivity index (χ2n) is 2.86. The third-order valence-corrected chi connectivity index (χ3v) is 3.43. The molecule has 0 aliphatic carbocycles. The molecule has 1 heterocycles. The molecule has 0 bridgehead atoms. The van der Waals surface area contributed by atoms with Crippen molar-refractivity contribution in [1.29, 1.82) is 0 Å². The highest BCUT2D eigenvalue weighted by molar-refractivity contribution is 8.13. The van der Waals surface area contributed by atoms with E-state index in [9.17, 15) is 0 Å². The number of hydrogen-bond acceptors (Lipinski definition) is 1. The normalized spacial score (nSPS) is 24.0. The zero-order chi connectivity index (χ0) is 6.69. The predicted octanol–water partition coefficient (Wildman–Crippen LogP) is 1.65. The summed E-state index contributed by atoms with van der Waals surface area (Å²) in [6.07, 6.45) is 9.02. The van der Waals surface area contributed by atoms with Gasteiger partial charge in [-0.05, 0) is 25.4 Å². The summed E-state index contributed by atoms with van der Waals surface area (Å²) >= 11 is 0.215. The van der Waals surface area contributed by atoms with E-state index in [-0.39, 0.29) is 11.1 Å². The first-order valence-electron chi connectivity index (χ1n) is 3.73. The van der Waals surface area contributed by atoms with Gasteiger partial charge in [0, 0.05) is 13.1 Å². The van der Waals surface area contributed by atoms with Crippen LogP contribution in [-0.4, -0.2) is 29.9 Å². The second-order valence-corrected chi connectivity index (χ2v) is 5.12. The van der Waals surface area contributed by atoms with Gasteiger partial charge in [-0.1, -0.05) is 6.42 Å². The van der Waals surface area contributed by atoms with Crippen molar-refractivity contribution in [3.05, 3.63) is 0 Å². The summed E-state index contributed by atoms with van der Waals surface area (Å²) in [6, 6.07) is 0. The van der Waals surface area contributed by atoms with Crippen molar-refractivity contribution in [2.75, 3.05) is 25.6 Å². The van der Waals surface area contributed by atoms with Crippen LogP contribution in [0.15, 0.2) is 0 Å². The van der Waals surface area contributed by atoms with Gasteiger partial charge in [0.25, 0.3) is 0 Å². The van der Waals surface area contributed by atoms with Crippen LogP contribution in [-0.2, 0) is 0 Å². The number of thiol groups is 1. The number of hydrogen-bond donors (Lipinski definition) is 1. The molecule has 0 amide bonds. The van der Waals surface area contributed by atoms with E-state index in [2.05, 4.69) is 16.8 Å². The Morgan fingerprint density at radius 2 is 1.56 bits per heavy atom. The topological polar surface area (TPSA) is 3.24 Å². The van der Waals surface area contributed by atoms with Gasteiger partial charge >= 0.3 is 0 Å². The van der Waals surface area contributed by atoms with Crippen molar-refractivity contribution < 1.29 is 0 Å². The van der Waals surface area contributed by atoms with Gasteiger partial charge < -0.3 is 0 Å². The zero-order valence-electron chi connectivity index (χ0n) is 6.43. The van der Waals surface area contributed by atoms with Crippen LogP contribution < -0.4 is 0 Å². The zero-order valence-corrected chi connectivity index (χ0v) is 7.32. The van der Waals surface area contributed by atoms with Crippen LogP contribution >= 0.6 is 11.1 Å². The smallest absolute Gasteiger partial charge is 0.00715 e. The maximum absolute atomic E-state index is 2.62. The average molecular weight is 147 g/mol. The molecular formula is C7H17NS. The lowest BCUT2D eigenvalue weighted by atomic mass is 10.2. The molecule has 0 aromatic rings. The molecule has 56 valence electrons. The van der Waals surface area contributed by atoms with Crippen molar-refractivity contribution in [3.8, 4) is 0 Å². The Bertz CT molecular complexity index is 77.0.